The predicted molar refractivity (Wildman–Crippen MR) is 165 cm³/mol. The van der Waals surface area contributed by atoms with Crippen LogP contribution in [-0.4, -0.2) is 70.5 Å². The number of carbonyl (C=O) groups is 2. The van der Waals surface area contributed by atoms with Gasteiger partial charge in [-0.1, -0.05) is 31.5 Å². The zero-order valence-electron chi connectivity index (χ0n) is 24.5. The third kappa shape index (κ3) is 8.72. The monoisotopic (exact) mass is 615 g/mol. The molecule has 2 aliphatic carbocycles. The number of amides is 2. The van der Waals surface area contributed by atoms with Gasteiger partial charge in [0.25, 0.3) is 12.3 Å². The number of thioether (sulfide) groups is 1. The maximum absolute atomic E-state index is 13.6. The summed E-state index contributed by atoms with van der Waals surface area (Å²) in [7, 11) is 1.37. The van der Waals surface area contributed by atoms with Crippen LogP contribution in [0.25, 0.3) is 11.1 Å². The van der Waals surface area contributed by atoms with Crippen LogP contribution in [0.2, 0.25) is 0 Å². The summed E-state index contributed by atoms with van der Waals surface area (Å²) in [5.74, 6) is 6.36. The Labute approximate surface area is 256 Å². The molecule has 4 N–H and O–H groups in total. The highest BCUT2D eigenvalue weighted by Gasteiger charge is 2.31. The topological polar surface area (TPSA) is 138 Å². The molecule has 2 aromatic heterocycles. The highest BCUT2D eigenvalue weighted by atomic mass is 32.2. The third-order valence-corrected chi connectivity index (χ3v) is 7.74. The van der Waals surface area contributed by atoms with E-state index in [2.05, 4.69) is 32.0 Å². The first-order chi connectivity index (χ1) is 20.7. The largest absolute Gasteiger partial charge is 0.494 e. The summed E-state index contributed by atoms with van der Waals surface area (Å²) in [6.07, 6.45) is 4.03. The predicted octanol–water partition coefficient (Wildman–Crippen LogP) is 4.52. The van der Waals surface area contributed by atoms with Gasteiger partial charge in [0.1, 0.15) is 27.8 Å². The number of ether oxygens (including phenoxy) is 1. The van der Waals surface area contributed by atoms with Crippen LogP contribution in [0, 0.1) is 29.1 Å². The minimum absolute atomic E-state index is 0. The Kier molecular flexibility index (Phi) is 11.1. The first-order valence-electron chi connectivity index (χ1n) is 14.4. The number of pyridine rings is 2. The van der Waals surface area contributed by atoms with E-state index < -0.39 is 23.5 Å². The number of carbonyl (C=O) groups excluding carboxylic acids is 2. The normalized spacial score (nSPS) is 17.4. The maximum Gasteiger partial charge on any atom is 0.280 e. The molecule has 1 unspecified atom stereocenters. The van der Waals surface area contributed by atoms with E-state index in [9.17, 15) is 18.4 Å². The second kappa shape index (κ2) is 14.7. The van der Waals surface area contributed by atoms with E-state index in [4.69, 9.17) is 15.9 Å². The summed E-state index contributed by atoms with van der Waals surface area (Å²) in [6, 6.07) is 2.69. The highest BCUT2D eigenvalue weighted by molar-refractivity contribution is 8.14. The molecule has 3 fully saturated rings. The Hall–Kier alpha value is -3.60. The molecule has 0 bridgehead atoms. The Morgan fingerprint density at radius 3 is 2.58 bits per heavy atom. The van der Waals surface area contributed by atoms with Gasteiger partial charge in [0.2, 0.25) is 5.91 Å². The molecule has 2 saturated carbocycles. The minimum Gasteiger partial charge on any atom is -0.494 e. The van der Waals surface area contributed by atoms with Crippen LogP contribution in [0.5, 0.6) is 5.75 Å². The number of rotatable bonds is 9. The molecule has 2 amide bonds. The second-order valence-electron chi connectivity index (χ2n) is 10.3. The van der Waals surface area contributed by atoms with Crippen LogP contribution in [0.1, 0.15) is 63.4 Å². The summed E-state index contributed by atoms with van der Waals surface area (Å²) < 4.78 is 32.6. The van der Waals surface area contributed by atoms with E-state index in [-0.39, 0.29) is 41.4 Å². The van der Waals surface area contributed by atoms with Crippen LogP contribution in [-0.2, 0) is 4.79 Å². The SMILES string of the molecule is CC.COc1cnc(C(F)F)cc1-c1cc(N2CCN(CC3CC3)CC2=O)ncc1C(=O)NC(N)SC(=N)C#CC1CC1.[HH]. The molecule has 10 nitrogen and oxygen atoms in total. The molecule has 0 aromatic carbocycles. The van der Waals surface area contributed by atoms with Crippen LogP contribution < -0.4 is 20.7 Å². The fourth-order valence-corrected chi connectivity index (χ4v) is 5.06. The molecular weight excluding hydrogens is 576 g/mol. The van der Waals surface area contributed by atoms with Crippen molar-refractivity contribution in [2.45, 2.75) is 51.5 Å². The standard InChI is InChI=1S/C28H31F2N7O3S.C2H6.H2/c1-40-22-13-33-21(26(29)30)10-19(22)18-11-24(37-9-8-36(15-25(37)38)14-17-4-5-17)34-12-20(18)27(39)35-28(32)41-23(31)7-6-16-2-3-16;1-2;/h10-13,16-17,26,28,31H,2-5,8-9,14-15,32H2,1H3,(H,35,39);1-2H3;1H. The number of alkyl halides is 2. The minimum atomic E-state index is -2.85. The van der Waals surface area contributed by atoms with Gasteiger partial charge in [-0.15, -0.1) is 0 Å². The molecule has 2 aromatic rings. The van der Waals surface area contributed by atoms with Crippen molar-refractivity contribution in [3.63, 3.8) is 0 Å². The number of nitrogens with zero attached hydrogens (tertiary/aromatic N) is 4. The second-order valence-corrected chi connectivity index (χ2v) is 11.5. The molecule has 1 saturated heterocycles. The first-order valence-corrected chi connectivity index (χ1v) is 15.3. The van der Waals surface area contributed by atoms with Gasteiger partial charge in [0, 0.05) is 44.3 Å². The summed E-state index contributed by atoms with van der Waals surface area (Å²) in [6.45, 7) is 6.23. The van der Waals surface area contributed by atoms with E-state index in [0.29, 0.717) is 30.7 Å². The number of piperazine rings is 1. The van der Waals surface area contributed by atoms with Crippen molar-refractivity contribution in [3.8, 4) is 28.7 Å². The number of aromatic nitrogens is 2. The lowest BCUT2D eigenvalue weighted by atomic mass is 9.99. The summed E-state index contributed by atoms with van der Waals surface area (Å²) in [5, 5.41) is 10.6. The molecular formula is C30H39F2N7O3S. The van der Waals surface area contributed by atoms with Gasteiger partial charge in [-0.05, 0) is 49.7 Å². The molecule has 0 radical (unpaired) electrons. The number of nitrogens with two attached hydrogens (primary N) is 1. The van der Waals surface area contributed by atoms with Crippen LogP contribution >= 0.6 is 11.8 Å². The lowest BCUT2D eigenvalue weighted by Crippen LogP contribution is -2.51. The van der Waals surface area contributed by atoms with Gasteiger partial charge in [0.15, 0.2) is 0 Å². The Morgan fingerprint density at radius 1 is 1.21 bits per heavy atom. The van der Waals surface area contributed by atoms with Crippen molar-refractivity contribution in [2.75, 3.05) is 38.2 Å². The lowest BCUT2D eigenvalue weighted by molar-refractivity contribution is -0.121. The van der Waals surface area contributed by atoms with Gasteiger partial charge < -0.3 is 15.8 Å². The number of methoxy groups -OCH3 is 1. The van der Waals surface area contributed by atoms with Gasteiger partial charge in [-0.2, -0.15) is 0 Å². The van der Waals surface area contributed by atoms with Crippen LogP contribution in [0.3, 0.4) is 0 Å². The average molecular weight is 616 g/mol. The van der Waals surface area contributed by atoms with Crippen LogP contribution in [0.4, 0.5) is 14.6 Å². The first kappa shape index (κ1) is 32.3. The van der Waals surface area contributed by atoms with E-state index in [1.165, 1.54) is 43.3 Å². The van der Waals surface area contributed by atoms with Crippen molar-refractivity contribution in [1.29, 1.82) is 5.41 Å². The molecule has 3 heterocycles. The molecule has 13 heteroatoms. The van der Waals surface area contributed by atoms with Crippen LogP contribution in [0.15, 0.2) is 24.5 Å². The fraction of sp³-hybridized carbons (Fsp3) is 0.500. The maximum atomic E-state index is 13.6. The summed E-state index contributed by atoms with van der Waals surface area (Å²) in [4.78, 5) is 38.3. The Morgan fingerprint density at radius 2 is 1.95 bits per heavy atom. The quantitative estimate of drug-likeness (QED) is 0.162. The van der Waals surface area contributed by atoms with Gasteiger partial charge in [0.05, 0.1) is 25.4 Å². The number of hydrogen-bond donors (Lipinski definition) is 3. The number of halogens is 2. The zero-order chi connectivity index (χ0) is 31.1. The lowest BCUT2D eigenvalue weighted by Gasteiger charge is -2.34. The van der Waals surface area contributed by atoms with Crippen molar-refractivity contribution >= 4 is 34.4 Å². The molecule has 0 spiro atoms. The molecule has 5 rings (SSSR count). The van der Waals surface area contributed by atoms with Crippen molar-refractivity contribution in [2.24, 2.45) is 17.6 Å². The number of nitrogens with one attached hydrogen (secondary N) is 2. The molecule has 1 aliphatic heterocycles. The number of hydrogen-bond acceptors (Lipinski definition) is 9. The Balaban J connectivity index is 0.00000173. The zero-order valence-corrected chi connectivity index (χ0v) is 25.3. The molecule has 3 aliphatic rings. The fourth-order valence-electron chi connectivity index (χ4n) is 4.52. The van der Waals surface area contributed by atoms with E-state index in [1.54, 1.807) is 0 Å². The van der Waals surface area contributed by atoms with Crippen molar-refractivity contribution in [1.82, 2.24) is 20.2 Å². The molecule has 43 heavy (non-hydrogen) atoms. The van der Waals surface area contributed by atoms with Gasteiger partial charge >= 0.3 is 0 Å². The average Bonchev–Trinajstić information content (AvgIpc) is 3.93. The third-order valence-electron chi connectivity index (χ3n) is 7.03. The van der Waals surface area contributed by atoms with E-state index >= 15 is 0 Å². The van der Waals surface area contributed by atoms with Gasteiger partial charge in [-0.3, -0.25) is 29.8 Å². The van der Waals surface area contributed by atoms with Crippen molar-refractivity contribution < 1.29 is 24.5 Å². The molecule has 232 valence electrons. The van der Waals surface area contributed by atoms with Crippen molar-refractivity contribution in [3.05, 3.63) is 35.8 Å². The summed E-state index contributed by atoms with van der Waals surface area (Å²) in [5.41, 5.74) is 5.03. The van der Waals surface area contributed by atoms with E-state index in [0.717, 1.165) is 37.2 Å². The Bertz CT molecular complexity index is 1410. The number of anilines is 1. The van der Waals surface area contributed by atoms with Gasteiger partial charge in [-0.25, -0.2) is 13.8 Å². The molecule has 1 atom stereocenters. The smallest absolute Gasteiger partial charge is 0.280 e. The summed E-state index contributed by atoms with van der Waals surface area (Å²) >= 11 is 0.887. The van der Waals surface area contributed by atoms with E-state index in [1.807, 2.05) is 13.8 Å². The highest BCUT2D eigenvalue weighted by Crippen LogP contribution is 2.37.